The Kier molecular flexibility index (Phi) is 3.38. The van der Waals surface area contributed by atoms with Crippen LogP contribution >= 0.6 is 0 Å². The van der Waals surface area contributed by atoms with Crippen LogP contribution in [0.2, 0.25) is 0 Å². The summed E-state index contributed by atoms with van der Waals surface area (Å²) in [5, 5.41) is 15.6. The highest BCUT2D eigenvalue weighted by atomic mass is 16.3. The number of aromatic nitrogens is 2. The van der Waals surface area contributed by atoms with Crippen molar-refractivity contribution >= 4 is 0 Å². The van der Waals surface area contributed by atoms with Crippen molar-refractivity contribution in [2.24, 2.45) is 11.8 Å². The third kappa shape index (κ3) is 2.38. The fourth-order valence-electron chi connectivity index (χ4n) is 3.73. The second-order valence-corrected chi connectivity index (χ2v) is 6.35. The van der Waals surface area contributed by atoms with E-state index in [9.17, 15) is 5.11 Å². The van der Waals surface area contributed by atoms with Crippen LogP contribution in [0.3, 0.4) is 0 Å². The Balaban J connectivity index is 2.01. The number of aliphatic hydroxyl groups is 1. The lowest BCUT2D eigenvalue weighted by atomic mass is 9.72. The molecule has 0 radical (unpaired) electrons. The average molecular weight is 270 g/mol. The van der Waals surface area contributed by atoms with Crippen LogP contribution in [0.1, 0.15) is 38.8 Å². The van der Waals surface area contributed by atoms with Crippen LogP contribution in [-0.4, -0.2) is 14.9 Å². The van der Waals surface area contributed by atoms with Gasteiger partial charge in [-0.15, -0.1) is 0 Å². The van der Waals surface area contributed by atoms with Crippen molar-refractivity contribution in [2.45, 2.75) is 38.7 Å². The lowest BCUT2D eigenvalue weighted by Crippen LogP contribution is -2.37. The van der Waals surface area contributed by atoms with Crippen LogP contribution in [0.25, 0.3) is 5.69 Å². The standard InChI is InChI=1S/C17H22N2O/c1-13-10-14(2)12-17(20,11-13)16-8-9-18-19(16)15-6-4-3-5-7-15/h3-9,13-14,20H,10-12H2,1-2H3. The molecule has 1 aromatic heterocycles. The SMILES string of the molecule is CC1CC(C)CC(O)(c2ccnn2-c2ccccc2)C1. The maximum absolute atomic E-state index is 11.2. The molecule has 0 aliphatic heterocycles. The molecule has 2 atom stereocenters. The minimum Gasteiger partial charge on any atom is -0.384 e. The Morgan fingerprint density at radius 2 is 1.75 bits per heavy atom. The average Bonchev–Trinajstić information content (AvgIpc) is 2.88. The first kappa shape index (κ1) is 13.4. The van der Waals surface area contributed by atoms with E-state index in [0.717, 1.165) is 24.2 Å². The molecule has 0 saturated heterocycles. The van der Waals surface area contributed by atoms with Crippen molar-refractivity contribution < 1.29 is 5.11 Å². The van der Waals surface area contributed by atoms with Crippen LogP contribution in [0.4, 0.5) is 0 Å². The molecule has 20 heavy (non-hydrogen) atoms. The largest absolute Gasteiger partial charge is 0.384 e. The summed E-state index contributed by atoms with van der Waals surface area (Å²) in [6, 6.07) is 12.0. The monoisotopic (exact) mass is 270 g/mol. The van der Waals surface area contributed by atoms with Crippen molar-refractivity contribution in [3.8, 4) is 5.69 Å². The van der Waals surface area contributed by atoms with E-state index in [0.29, 0.717) is 11.8 Å². The van der Waals surface area contributed by atoms with Gasteiger partial charge in [0.1, 0.15) is 5.60 Å². The molecule has 2 aromatic rings. The smallest absolute Gasteiger partial charge is 0.107 e. The number of rotatable bonds is 2. The van der Waals surface area contributed by atoms with Gasteiger partial charge in [0.2, 0.25) is 0 Å². The molecule has 0 spiro atoms. The summed E-state index contributed by atoms with van der Waals surface area (Å²) in [6.45, 7) is 4.45. The van der Waals surface area contributed by atoms with Crippen molar-refractivity contribution in [3.05, 3.63) is 48.3 Å². The second-order valence-electron chi connectivity index (χ2n) is 6.35. The maximum Gasteiger partial charge on any atom is 0.107 e. The Morgan fingerprint density at radius 3 is 2.40 bits per heavy atom. The molecule has 3 heteroatoms. The van der Waals surface area contributed by atoms with Crippen LogP contribution in [-0.2, 0) is 5.60 Å². The van der Waals surface area contributed by atoms with Crippen molar-refractivity contribution in [2.75, 3.05) is 0 Å². The first-order valence-corrected chi connectivity index (χ1v) is 7.41. The predicted octanol–water partition coefficient (Wildman–Crippen LogP) is 3.52. The van der Waals surface area contributed by atoms with Gasteiger partial charge in [-0.2, -0.15) is 5.10 Å². The zero-order valence-electron chi connectivity index (χ0n) is 12.2. The highest BCUT2D eigenvalue weighted by Gasteiger charge is 2.39. The van der Waals surface area contributed by atoms with E-state index < -0.39 is 5.60 Å². The number of hydrogen-bond donors (Lipinski definition) is 1. The van der Waals surface area contributed by atoms with Gasteiger partial charge in [-0.3, -0.25) is 0 Å². The third-order valence-corrected chi connectivity index (χ3v) is 4.30. The van der Waals surface area contributed by atoms with Gasteiger partial charge in [0.15, 0.2) is 0 Å². The predicted molar refractivity (Wildman–Crippen MR) is 79.6 cm³/mol. The van der Waals surface area contributed by atoms with Gasteiger partial charge in [0.05, 0.1) is 11.4 Å². The van der Waals surface area contributed by atoms with Gasteiger partial charge in [-0.1, -0.05) is 32.0 Å². The fourth-order valence-corrected chi connectivity index (χ4v) is 3.73. The number of nitrogens with zero attached hydrogens (tertiary/aromatic N) is 2. The zero-order valence-corrected chi connectivity index (χ0v) is 12.2. The summed E-state index contributed by atoms with van der Waals surface area (Å²) in [5.41, 5.74) is 1.16. The number of hydrogen-bond acceptors (Lipinski definition) is 2. The maximum atomic E-state index is 11.2. The first-order valence-electron chi connectivity index (χ1n) is 7.41. The molecule has 1 aliphatic rings. The summed E-state index contributed by atoms with van der Waals surface area (Å²) in [6.07, 6.45) is 4.61. The minimum absolute atomic E-state index is 0.544. The second kappa shape index (κ2) is 5.06. The Hall–Kier alpha value is -1.61. The molecule has 2 unspecified atom stereocenters. The Labute approximate surface area is 120 Å². The quantitative estimate of drug-likeness (QED) is 0.906. The fraction of sp³-hybridized carbons (Fsp3) is 0.471. The molecule has 1 aliphatic carbocycles. The molecule has 0 amide bonds. The lowest BCUT2D eigenvalue weighted by Gasteiger charge is -2.39. The summed E-state index contributed by atoms with van der Waals surface area (Å²) in [5.74, 6) is 1.09. The Bertz CT molecular complexity index is 566. The molecule has 3 rings (SSSR count). The van der Waals surface area contributed by atoms with E-state index in [1.165, 1.54) is 6.42 Å². The molecule has 1 heterocycles. The van der Waals surface area contributed by atoms with Crippen LogP contribution in [0.15, 0.2) is 42.6 Å². The van der Waals surface area contributed by atoms with Gasteiger partial charge in [-0.25, -0.2) is 4.68 Å². The summed E-state index contributed by atoms with van der Waals surface area (Å²) in [4.78, 5) is 0. The molecular formula is C17H22N2O. The normalized spacial score (nSPS) is 30.4. The summed E-state index contributed by atoms with van der Waals surface area (Å²) < 4.78 is 1.88. The van der Waals surface area contributed by atoms with E-state index in [1.807, 2.05) is 41.1 Å². The van der Waals surface area contributed by atoms with E-state index in [-0.39, 0.29) is 0 Å². The van der Waals surface area contributed by atoms with Crippen molar-refractivity contribution in [1.29, 1.82) is 0 Å². The first-order chi connectivity index (χ1) is 9.58. The molecule has 1 saturated carbocycles. The Morgan fingerprint density at radius 1 is 1.10 bits per heavy atom. The van der Waals surface area contributed by atoms with Crippen molar-refractivity contribution in [1.82, 2.24) is 9.78 Å². The zero-order chi connectivity index (χ0) is 14.2. The van der Waals surface area contributed by atoms with Gasteiger partial charge in [0, 0.05) is 6.20 Å². The van der Waals surface area contributed by atoms with E-state index in [1.54, 1.807) is 6.20 Å². The van der Waals surface area contributed by atoms with Gasteiger partial charge in [-0.05, 0) is 49.3 Å². The van der Waals surface area contributed by atoms with Gasteiger partial charge < -0.3 is 5.11 Å². The molecular weight excluding hydrogens is 248 g/mol. The van der Waals surface area contributed by atoms with E-state index >= 15 is 0 Å². The third-order valence-electron chi connectivity index (χ3n) is 4.30. The van der Waals surface area contributed by atoms with Gasteiger partial charge in [0.25, 0.3) is 0 Å². The molecule has 1 fully saturated rings. The molecule has 0 bridgehead atoms. The van der Waals surface area contributed by atoms with Crippen LogP contribution in [0.5, 0.6) is 0 Å². The van der Waals surface area contributed by atoms with Gasteiger partial charge >= 0.3 is 0 Å². The van der Waals surface area contributed by atoms with E-state index in [2.05, 4.69) is 18.9 Å². The van der Waals surface area contributed by atoms with Crippen LogP contribution in [0, 0.1) is 11.8 Å². The minimum atomic E-state index is -0.760. The number of benzene rings is 1. The highest BCUT2D eigenvalue weighted by Crippen LogP contribution is 2.42. The molecule has 1 aromatic carbocycles. The summed E-state index contributed by atoms with van der Waals surface area (Å²) in [7, 11) is 0. The number of para-hydroxylation sites is 1. The molecule has 106 valence electrons. The molecule has 3 nitrogen and oxygen atoms in total. The lowest BCUT2D eigenvalue weighted by molar-refractivity contribution is -0.0415. The highest BCUT2D eigenvalue weighted by molar-refractivity contribution is 5.34. The van der Waals surface area contributed by atoms with Crippen LogP contribution < -0.4 is 0 Å². The molecule has 1 N–H and O–H groups in total. The van der Waals surface area contributed by atoms with Crippen molar-refractivity contribution in [3.63, 3.8) is 0 Å². The topological polar surface area (TPSA) is 38.1 Å². The van der Waals surface area contributed by atoms with E-state index in [4.69, 9.17) is 0 Å². The summed E-state index contributed by atoms with van der Waals surface area (Å²) >= 11 is 0.